The van der Waals surface area contributed by atoms with E-state index in [9.17, 15) is 13.9 Å². The van der Waals surface area contributed by atoms with Crippen LogP contribution in [0.2, 0.25) is 0 Å². The Morgan fingerprint density at radius 2 is 2.10 bits per heavy atom. The zero-order valence-corrected chi connectivity index (χ0v) is 11.4. The zero-order chi connectivity index (χ0) is 14.7. The monoisotopic (exact) mass is 281 g/mol. The minimum atomic E-state index is -0.951. The largest absolute Gasteiger partial charge is 0.387 e. The maximum absolute atomic E-state index is 13.1. The van der Waals surface area contributed by atoms with Crippen molar-refractivity contribution in [3.05, 3.63) is 53.6 Å². The van der Waals surface area contributed by atoms with Crippen LogP contribution >= 0.6 is 0 Å². The molecule has 4 nitrogen and oxygen atoms in total. The molecule has 0 aliphatic rings. The average molecular weight is 281 g/mol. The van der Waals surface area contributed by atoms with Gasteiger partial charge in [0.05, 0.1) is 12.6 Å². The van der Waals surface area contributed by atoms with Gasteiger partial charge in [0.1, 0.15) is 5.82 Å². The van der Waals surface area contributed by atoms with Crippen molar-refractivity contribution >= 4 is 0 Å². The molecule has 2 aromatic rings. The maximum Gasteiger partial charge on any atom is 0.159 e. The van der Waals surface area contributed by atoms with Gasteiger partial charge in [0.15, 0.2) is 11.6 Å². The molecule has 0 fully saturated rings. The first-order valence-electron chi connectivity index (χ1n) is 6.25. The normalized spacial score (nSPS) is 12.9. The lowest BCUT2D eigenvalue weighted by Gasteiger charge is -2.20. The highest BCUT2D eigenvalue weighted by Crippen LogP contribution is 2.17. The summed E-state index contributed by atoms with van der Waals surface area (Å²) in [4.78, 5) is 6.06. The summed E-state index contributed by atoms with van der Waals surface area (Å²) in [5.41, 5.74) is 0.357. The molecule has 1 aromatic carbocycles. The molecule has 1 aromatic heterocycles. The lowest BCUT2D eigenvalue weighted by atomic mass is 10.1. The van der Waals surface area contributed by atoms with Crippen molar-refractivity contribution < 1.29 is 13.9 Å². The number of likely N-dealkylation sites (N-methyl/N-ethyl adjacent to an activating group) is 1. The first kappa shape index (κ1) is 14.6. The predicted molar refractivity (Wildman–Crippen MR) is 70.9 cm³/mol. The highest BCUT2D eigenvalue weighted by atomic mass is 19.2. The molecule has 1 unspecified atom stereocenters. The Bertz CT molecular complexity index is 586. The number of aliphatic hydroxyl groups is 1. The van der Waals surface area contributed by atoms with Crippen molar-refractivity contribution in [2.24, 2.45) is 7.05 Å². The van der Waals surface area contributed by atoms with E-state index in [1.54, 1.807) is 6.20 Å². The summed E-state index contributed by atoms with van der Waals surface area (Å²) < 4.78 is 27.9. The molecule has 0 spiro atoms. The fourth-order valence-electron chi connectivity index (χ4n) is 1.98. The van der Waals surface area contributed by atoms with E-state index in [1.165, 1.54) is 6.07 Å². The van der Waals surface area contributed by atoms with Gasteiger partial charge in [-0.3, -0.25) is 4.90 Å². The van der Waals surface area contributed by atoms with Crippen LogP contribution in [0.5, 0.6) is 0 Å². The molecule has 2 rings (SSSR count). The zero-order valence-electron chi connectivity index (χ0n) is 11.4. The number of hydrogen-bond acceptors (Lipinski definition) is 3. The van der Waals surface area contributed by atoms with Crippen LogP contribution in [-0.4, -0.2) is 33.1 Å². The van der Waals surface area contributed by atoms with Gasteiger partial charge in [-0.2, -0.15) is 0 Å². The van der Waals surface area contributed by atoms with Crippen LogP contribution < -0.4 is 0 Å². The smallest absolute Gasteiger partial charge is 0.159 e. The van der Waals surface area contributed by atoms with E-state index in [1.807, 2.05) is 29.8 Å². The fraction of sp³-hybridized carbons (Fsp3) is 0.357. The van der Waals surface area contributed by atoms with Crippen LogP contribution in [0.15, 0.2) is 30.6 Å². The molecule has 0 radical (unpaired) electrons. The number of benzene rings is 1. The molecule has 1 heterocycles. The molecule has 0 aliphatic heterocycles. The molecule has 0 bridgehead atoms. The molecular weight excluding hydrogens is 264 g/mol. The molecule has 0 aliphatic carbocycles. The van der Waals surface area contributed by atoms with Crippen molar-refractivity contribution in [3.8, 4) is 0 Å². The van der Waals surface area contributed by atoms with Crippen LogP contribution in [0, 0.1) is 11.6 Å². The predicted octanol–water partition coefficient (Wildman–Crippen LogP) is 1.86. The number of nitrogens with zero attached hydrogens (tertiary/aromatic N) is 3. The summed E-state index contributed by atoms with van der Waals surface area (Å²) in [7, 11) is 3.72. The maximum atomic E-state index is 13.1. The summed E-state index contributed by atoms with van der Waals surface area (Å²) in [5, 5.41) is 10.0. The van der Waals surface area contributed by atoms with Crippen molar-refractivity contribution in [1.82, 2.24) is 14.5 Å². The molecule has 1 N–H and O–H groups in total. The molecule has 0 saturated heterocycles. The minimum absolute atomic E-state index is 0.304. The molecule has 20 heavy (non-hydrogen) atoms. The Morgan fingerprint density at radius 3 is 2.70 bits per heavy atom. The number of halogens is 2. The van der Waals surface area contributed by atoms with Gasteiger partial charge < -0.3 is 9.67 Å². The summed E-state index contributed by atoms with van der Waals surface area (Å²) >= 11 is 0. The van der Waals surface area contributed by atoms with Gasteiger partial charge in [0, 0.05) is 26.0 Å². The lowest BCUT2D eigenvalue weighted by Crippen LogP contribution is -2.25. The third-order valence-electron chi connectivity index (χ3n) is 3.15. The highest BCUT2D eigenvalue weighted by Gasteiger charge is 2.14. The Kier molecular flexibility index (Phi) is 4.46. The third kappa shape index (κ3) is 3.40. The van der Waals surface area contributed by atoms with E-state index in [-0.39, 0.29) is 0 Å². The number of rotatable bonds is 5. The first-order chi connectivity index (χ1) is 9.47. The average Bonchev–Trinajstić information content (AvgIpc) is 2.78. The number of aryl methyl sites for hydroxylation is 1. The number of imidazole rings is 1. The van der Waals surface area contributed by atoms with Crippen molar-refractivity contribution in [1.29, 1.82) is 0 Å². The highest BCUT2D eigenvalue weighted by molar-refractivity contribution is 5.20. The Hall–Kier alpha value is -1.79. The van der Waals surface area contributed by atoms with Gasteiger partial charge in [-0.25, -0.2) is 13.8 Å². The van der Waals surface area contributed by atoms with Gasteiger partial charge >= 0.3 is 0 Å². The molecule has 6 heteroatoms. The van der Waals surface area contributed by atoms with E-state index >= 15 is 0 Å². The van der Waals surface area contributed by atoms with Gasteiger partial charge in [0.2, 0.25) is 0 Å². The van der Waals surface area contributed by atoms with E-state index in [0.29, 0.717) is 18.7 Å². The van der Waals surface area contributed by atoms with Gasteiger partial charge in [-0.15, -0.1) is 0 Å². The van der Waals surface area contributed by atoms with Crippen LogP contribution in [0.3, 0.4) is 0 Å². The van der Waals surface area contributed by atoms with Crippen LogP contribution in [0.1, 0.15) is 17.5 Å². The van der Waals surface area contributed by atoms with Crippen LogP contribution in [0.25, 0.3) is 0 Å². The summed E-state index contributed by atoms with van der Waals surface area (Å²) in [6.07, 6.45) is 2.67. The first-order valence-corrected chi connectivity index (χ1v) is 6.25. The molecule has 0 amide bonds. The Morgan fingerprint density at radius 1 is 1.35 bits per heavy atom. The third-order valence-corrected chi connectivity index (χ3v) is 3.15. The van der Waals surface area contributed by atoms with Crippen molar-refractivity contribution in [2.45, 2.75) is 12.6 Å². The molecule has 1 atom stereocenters. The summed E-state index contributed by atoms with van der Waals surface area (Å²) in [6.45, 7) is 0.863. The second kappa shape index (κ2) is 6.11. The lowest BCUT2D eigenvalue weighted by molar-refractivity contribution is 0.121. The van der Waals surface area contributed by atoms with Gasteiger partial charge in [-0.05, 0) is 24.7 Å². The topological polar surface area (TPSA) is 41.3 Å². The summed E-state index contributed by atoms with van der Waals surface area (Å²) in [6, 6.07) is 3.43. The van der Waals surface area contributed by atoms with Gasteiger partial charge in [0.25, 0.3) is 0 Å². The second-order valence-corrected chi connectivity index (χ2v) is 4.84. The molecule has 0 saturated carbocycles. The van der Waals surface area contributed by atoms with E-state index in [4.69, 9.17) is 0 Å². The van der Waals surface area contributed by atoms with Crippen molar-refractivity contribution in [3.63, 3.8) is 0 Å². The standard InChI is InChI=1S/C14H17F2N3O/c1-18(9-14-17-5-6-19(14)2)8-13(20)10-3-4-11(15)12(16)7-10/h3-7,13,20H,8-9H2,1-2H3. The van der Waals surface area contributed by atoms with Gasteiger partial charge in [-0.1, -0.05) is 6.07 Å². The fourth-order valence-corrected chi connectivity index (χ4v) is 1.98. The summed E-state index contributed by atoms with van der Waals surface area (Å²) in [5.74, 6) is -0.999. The minimum Gasteiger partial charge on any atom is -0.387 e. The number of aliphatic hydroxyl groups excluding tert-OH is 1. The Balaban J connectivity index is 1.98. The molecule has 108 valence electrons. The van der Waals surface area contributed by atoms with Crippen LogP contribution in [-0.2, 0) is 13.6 Å². The van der Waals surface area contributed by atoms with Crippen molar-refractivity contribution in [2.75, 3.05) is 13.6 Å². The van der Waals surface area contributed by atoms with E-state index in [2.05, 4.69) is 4.98 Å². The Labute approximate surface area is 116 Å². The quantitative estimate of drug-likeness (QED) is 0.909. The second-order valence-electron chi connectivity index (χ2n) is 4.84. The van der Waals surface area contributed by atoms with E-state index < -0.39 is 17.7 Å². The number of aromatic nitrogens is 2. The number of hydrogen-bond donors (Lipinski definition) is 1. The SMILES string of the molecule is CN(Cc1nccn1C)CC(O)c1ccc(F)c(F)c1. The van der Waals surface area contributed by atoms with E-state index in [0.717, 1.165) is 18.0 Å². The van der Waals surface area contributed by atoms with Crippen LogP contribution in [0.4, 0.5) is 8.78 Å². The molecular formula is C14H17F2N3O.